The Labute approximate surface area is 93.6 Å². The van der Waals surface area contributed by atoms with Crippen LogP contribution in [0, 0.1) is 0 Å². The second kappa shape index (κ2) is 4.40. The number of fused-ring (bicyclic) bond motifs is 1. The first-order valence-electron chi connectivity index (χ1n) is 6.30. The van der Waals surface area contributed by atoms with Crippen LogP contribution in [-0.2, 0) is 0 Å². The number of nitrogens with zero attached hydrogens (tertiary/aromatic N) is 2. The molecule has 2 saturated heterocycles. The molecule has 0 spiro atoms. The van der Waals surface area contributed by atoms with Crippen LogP contribution in [0.5, 0.6) is 0 Å². The molecule has 0 aromatic carbocycles. The van der Waals surface area contributed by atoms with E-state index < -0.39 is 0 Å². The minimum Gasteiger partial charge on any atom is -0.324 e. The zero-order valence-corrected chi connectivity index (χ0v) is 10.2. The normalized spacial score (nSPS) is 30.2. The average molecular weight is 211 g/mol. The fourth-order valence-corrected chi connectivity index (χ4v) is 2.94. The Kier molecular flexibility index (Phi) is 3.33. The zero-order chi connectivity index (χ0) is 10.9. The van der Waals surface area contributed by atoms with Crippen LogP contribution < -0.4 is 5.73 Å². The molecule has 88 valence electrons. The van der Waals surface area contributed by atoms with Crippen molar-refractivity contribution in [3.8, 4) is 0 Å². The predicted molar refractivity (Wildman–Crippen MR) is 63.9 cm³/mol. The SMILES string of the molecule is CC(C)(N)CN1CCN2CCCCC2C1. The molecule has 2 rings (SSSR count). The van der Waals surface area contributed by atoms with Crippen molar-refractivity contribution in [1.82, 2.24) is 9.80 Å². The molecule has 2 heterocycles. The molecule has 0 aromatic rings. The summed E-state index contributed by atoms with van der Waals surface area (Å²) in [4.78, 5) is 5.22. The number of hydrogen-bond donors (Lipinski definition) is 1. The third kappa shape index (κ3) is 3.16. The first-order chi connectivity index (χ1) is 7.04. The van der Waals surface area contributed by atoms with Gasteiger partial charge < -0.3 is 5.73 Å². The van der Waals surface area contributed by atoms with Gasteiger partial charge in [-0.15, -0.1) is 0 Å². The van der Waals surface area contributed by atoms with Gasteiger partial charge in [-0.3, -0.25) is 9.80 Å². The Morgan fingerprint density at radius 3 is 2.73 bits per heavy atom. The van der Waals surface area contributed by atoms with Crippen molar-refractivity contribution in [2.24, 2.45) is 5.73 Å². The van der Waals surface area contributed by atoms with Gasteiger partial charge >= 0.3 is 0 Å². The van der Waals surface area contributed by atoms with Gasteiger partial charge in [0.05, 0.1) is 0 Å². The fourth-order valence-electron chi connectivity index (χ4n) is 2.94. The minimum atomic E-state index is -0.0448. The van der Waals surface area contributed by atoms with Crippen LogP contribution in [0.1, 0.15) is 33.1 Å². The Morgan fingerprint density at radius 1 is 1.20 bits per heavy atom. The summed E-state index contributed by atoms with van der Waals surface area (Å²) < 4.78 is 0. The van der Waals surface area contributed by atoms with Crippen molar-refractivity contribution in [1.29, 1.82) is 0 Å². The average Bonchev–Trinajstić information content (AvgIpc) is 2.15. The van der Waals surface area contributed by atoms with Crippen molar-refractivity contribution >= 4 is 0 Å². The third-order valence-corrected chi connectivity index (χ3v) is 3.55. The van der Waals surface area contributed by atoms with Gasteiger partial charge in [0.2, 0.25) is 0 Å². The number of piperazine rings is 1. The highest BCUT2D eigenvalue weighted by molar-refractivity contribution is 4.88. The van der Waals surface area contributed by atoms with Gasteiger partial charge in [0.25, 0.3) is 0 Å². The Bertz CT molecular complexity index is 209. The molecule has 0 bridgehead atoms. The fraction of sp³-hybridized carbons (Fsp3) is 1.00. The summed E-state index contributed by atoms with van der Waals surface area (Å²) in [7, 11) is 0. The lowest BCUT2D eigenvalue weighted by Crippen LogP contribution is -2.58. The second-order valence-electron chi connectivity index (χ2n) is 5.91. The van der Waals surface area contributed by atoms with Gasteiger partial charge in [0.15, 0.2) is 0 Å². The van der Waals surface area contributed by atoms with Gasteiger partial charge in [-0.1, -0.05) is 6.42 Å². The van der Waals surface area contributed by atoms with E-state index in [0.29, 0.717) is 0 Å². The Balaban J connectivity index is 1.85. The van der Waals surface area contributed by atoms with Crippen molar-refractivity contribution < 1.29 is 0 Å². The molecule has 2 N–H and O–H groups in total. The largest absolute Gasteiger partial charge is 0.324 e. The number of piperidine rings is 1. The number of hydrogen-bond acceptors (Lipinski definition) is 3. The summed E-state index contributed by atoms with van der Waals surface area (Å²) in [5.74, 6) is 0. The van der Waals surface area contributed by atoms with Gasteiger partial charge in [-0.25, -0.2) is 0 Å². The van der Waals surface area contributed by atoms with Crippen LogP contribution in [0.25, 0.3) is 0 Å². The number of rotatable bonds is 2. The molecular formula is C12H25N3. The minimum absolute atomic E-state index is 0.0448. The first kappa shape index (κ1) is 11.4. The highest BCUT2D eigenvalue weighted by Crippen LogP contribution is 2.21. The Hall–Kier alpha value is -0.120. The summed E-state index contributed by atoms with van der Waals surface area (Å²) in [5, 5.41) is 0. The molecule has 1 atom stereocenters. The second-order valence-corrected chi connectivity index (χ2v) is 5.91. The highest BCUT2D eigenvalue weighted by Gasteiger charge is 2.30. The Morgan fingerprint density at radius 2 is 2.00 bits per heavy atom. The molecule has 0 radical (unpaired) electrons. The summed E-state index contributed by atoms with van der Waals surface area (Å²) in [6.07, 6.45) is 4.21. The maximum Gasteiger partial charge on any atom is 0.0226 e. The topological polar surface area (TPSA) is 32.5 Å². The van der Waals surface area contributed by atoms with E-state index in [0.717, 1.165) is 12.6 Å². The van der Waals surface area contributed by atoms with Crippen LogP contribution in [0.3, 0.4) is 0 Å². The van der Waals surface area contributed by atoms with E-state index in [2.05, 4.69) is 23.6 Å². The molecule has 3 nitrogen and oxygen atoms in total. The summed E-state index contributed by atoms with van der Waals surface area (Å²) in [5.41, 5.74) is 6.03. The zero-order valence-electron chi connectivity index (χ0n) is 10.2. The maximum atomic E-state index is 6.08. The molecule has 2 aliphatic rings. The van der Waals surface area contributed by atoms with E-state index in [-0.39, 0.29) is 5.54 Å². The third-order valence-electron chi connectivity index (χ3n) is 3.55. The van der Waals surface area contributed by atoms with Gasteiger partial charge in [0.1, 0.15) is 0 Å². The maximum absolute atomic E-state index is 6.08. The summed E-state index contributed by atoms with van der Waals surface area (Å²) >= 11 is 0. The number of nitrogens with two attached hydrogens (primary N) is 1. The van der Waals surface area contributed by atoms with Gasteiger partial charge in [-0.05, 0) is 33.2 Å². The van der Waals surface area contributed by atoms with E-state index in [1.54, 1.807) is 0 Å². The molecule has 2 fully saturated rings. The van der Waals surface area contributed by atoms with Gasteiger partial charge in [-0.2, -0.15) is 0 Å². The van der Waals surface area contributed by atoms with Crippen molar-refractivity contribution in [2.45, 2.75) is 44.7 Å². The van der Waals surface area contributed by atoms with E-state index in [1.807, 2.05) is 0 Å². The monoisotopic (exact) mass is 211 g/mol. The molecule has 3 heteroatoms. The van der Waals surface area contributed by atoms with E-state index in [4.69, 9.17) is 5.73 Å². The summed E-state index contributed by atoms with van der Waals surface area (Å²) in [6, 6.07) is 0.815. The molecule has 1 unspecified atom stereocenters. The van der Waals surface area contributed by atoms with Crippen LogP contribution in [0.15, 0.2) is 0 Å². The van der Waals surface area contributed by atoms with Crippen LogP contribution >= 0.6 is 0 Å². The summed E-state index contributed by atoms with van der Waals surface area (Å²) in [6.45, 7) is 10.3. The smallest absolute Gasteiger partial charge is 0.0226 e. The predicted octanol–water partition coefficient (Wildman–Crippen LogP) is 0.894. The molecule has 15 heavy (non-hydrogen) atoms. The highest BCUT2D eigenvalue weighted by atomic mass is 15.3. The van der Waals surface area contributed by atoms with Gasteiger partial charge in [0, 0.05) is 37.8 Å². The van der Waals surface area contributed by atoms with E-state index >= 15 is 0 Å². The molecule has 2 aliphatic heterocycles. The lowest BCUT2D eigenvalue weighted by Gasteiger charge is -2.45. The molecule has 0 aromatic heterocycles. The lowest BCUT2D eigenvalue weighted by atomic mass is 9.98. The lowest BCUT2D eigenvalue weighted by molar-refractivity contribution is 0.0413. The van der Waals surface area contributed by atoms with E-state index in [9.17, 15) is 0 Å². The van der Waals surface area contributed by atoms with E-state index in [1.165, 1.54) is 45.4 Å². The van der Waals surface area contributed by atoms with Crippen LogP contribution in [-0.4, -0.2) is 54.1 Å². The molecule has 0 amide bonds. The molecule has 0 saturated carbocycles. The van der Waals surface area contributed by atoms with Crippen LogP contribution in [0.2, 0.25) is 0 Å². The van der Waals surface area contributed by atoms with Crippen molar-refractivity contribution in [3.63, 3.8) is 0 Å². The van der Waals surface area contributed by atoms with Crippen molar-refractivity contribution in [2.75, 3.05) is 32.7 Å². The standard InChI is InChI=1S/C12H25N3/c1-12(2,13)10-14-7-8-15-6-4-3-5-11(15)9-14/h11H,3-10,13H2,1-2H3. The van der Waals surface area contributed by atoms with Crippen molar-refractivity contribution in [3.05, 3.63) is 0 Å². The molecular weight excluding hydrogens is 186 g/mol. The first-order valence-corrected chi connectivity index (χ1v) is 6.30. The molecule has 0 aliphatic carbocycles. The quantitative estimate of drug-likeness (QED) is 0.736. The van der Waals surface area contributed by atoms with Crippen LogP contribution in [0.4, 0.5) is 0 Å².